The molecule has 0 aliphatic carbocycles. The standard InChI is InChI=1S/C17H20FNO2/c1-11(2)5-8-17(20)19(4)10-16-12(3)14-7-6-13(18)9-15(14)21-16/h5-9,11H,10H2,1-4H3/b8-5+. The molecule has 1 heterocycles. The summed E-state index contributed by atoms with van der Waals surface area (Å²) >= 11 is 0. The monoisotopic (exact) mass is 289 g/mol. The van der Waals surface area contributed by atoms with Crippen LogP contribution in [0.15, 0.2) is 34.8 Å². The topological polar surface area (TPSA) is 33.5 Å². The van der Waals surface area contributed by atoms with E-state index in [1.807, 2.05) is 26.8 Å². The number of nitrogens with zero attached hydrogens (tertiary/aromatic N) is 1. The molecule has 0 bridgehead atoms. The molecule has 3 nitrogen and oxygen atoms in total. The minimum absolute atomic E-state index is 0.0743. The molecule has 21 heavy (non-hydrogen) atoms. The average molecular weight is 289 g/mol. The number of hydrogen-bond donors (Lipinski definition) is 0. The Balaban J connectivity index is 2.19. The van der Waals surface area contributed by atoms with Gasteiger partial charge in [-0.3, -0.25) is 4.79 Å². The van der Waals surface area contributed by atoms with Gasteiger partial charge >= 0.3 is 0 Å². The summed E-state index contributed by atoms with van der Waals surface area (Å²) in [5.41, 5.74) is 1.46. The Morgan fingerprint density at radius 1 is 1.43 bits per heavy atom. The summed E-state index contributed by atoms with van der Waals surface area (Å²) in [6.07, 6.45) is 3.43. The van der Waals surface area contributed by atoms with Gasteiger partial charge in [-0.1, -0.05) is 19.9 Å². The Hall–Kier alpha value is -2.10. The van der Waals surface area contributed by atoms with Crippen molar-refractivity contribution in [2.45, 2.75) is 27.3 Å². The van der Waals surface area contributed by atoms with Crippen LogP contribution < -0.4 is 0 Å². The van der Waals surface area contributed by atoms with Gasteiger partial charge in [0.1, 0.15) is 17.2 Å². The van der Waals surface area contributed by atoms with Gasteiger partial charge in [0.2, 0.25) is 5.91 Å². The molecule has 4 heteroatoms. The number of hydrogen-bond acceptors (Lipinski definition) is 2. The predicted molar refractivity (Wildman–Crippen MR) is 81.4 cm³/mol. The summed E-state index contributed by atoms with van der Waals surface area (Å²) in [6, 6.07) is 4.48. The van der Waals surface area contributed by atoms with E-state index in [0.29, 0.717) is 23.8 Å². The van der Waals surface area contributed by atoms with E-state index >= 15 is 0 Å². The molecule has 0 radical (unpaired) electrons. The highest BCUT2D eigenvalue weighted by atomic mass is 19.1. The number of fused-ring (bicyclic) bond motifs is 1. The van der Waals surface area contributed by atoms with E-state index in [1.54, 1.807) is 24.1 Å². The van der Waals surface area contributed by atoms with Crippen LogP contribution >= 0.6 is 0 Å². The normalized spacial score (nSPS) is 11.7. The SMILES string of the molecule is Cc1c(CN(C)C(=O)/C=C/C(C)C)oc2cc(F)ccc12. The minimum Gasteiger partial charge on any atom is -0.459 e. The van der Waals surface area contributed by atoms with Crippen molar-refractivity contribution in [3.05, 3.63) is 47.5 Å². The minimum atomic E-state index is -0.327. The van der Waals surface area contributed by atoms with Crippen molar-refractivity contribution in [3.8, 4) is 0 Å². The molecule has 0 fully saturated rings. The molecule has 0 saturated heterocycles. The summed E-state index contributed by atoms with van der Waals surface area (Å²) in [6.45, 7) is 6.31. The second-order valence-corrected chi connectivity index (χ2v) is 5.59. The number of aryl methyl sites for hydroxylation is 1. The van der Waals surface area contributed by atoms with Crippen molar-refractivity contribution < 1.29 is 13.6 Å². The van der Waals surface area contributed by atoms with E-state index in [1.165, 1.54) is 12.1 Å². The third-order valence-electron chi connectivity index (χ3n) is 3.38. The van der Waals surface area contributed by atoms with Crippen LogP contribution in [0.4, 0.5) is 4.39 Å². The number of carbonyl (C=O) groups excluding carboxylic acids is 1. The Labute approximate surface area is 124 Å². The molecular weight excluding hydrogens is 269 g/mol. The van der Waals surface area contributed by atoms with Gasteiger partial charge in [0, 0.05) is 24.1 Å². The van der Waals surface area contributed by atoms with Crippen LogP contribution in [0.3, 0.4) is 0 Å². The van der Waals surface area contributed by atoms with Gasteiger partial charge in [-0.25, -0.2) is 4.39 Å². The zero-order valence-electron chi connectivity index (χ0n) is 12.8. The molecule has 1 aromatic carbocycles. The molecule has 0 atom stereocenters. The number of carbonyl (C=O) groups is 1. The lowest BCUT2D eigenvalue weighted by Gasteiger charge is -2.14. The molecule has 0 aliphatic heterocycles. The van der Waals surface area contributed by atoms with Crippen LogP contribution in [0.1, 0.15) is 25.2 Å². The quantitative estimate of drug-likeness (QED) is 0.796. The van der Waals surface area contributed by atoms with E-state index in [-0.39, 0.29) is 11.7 Å². The Morgan fingerprint density at radius 3 is 2.81 bits per heavy atom. The third kappa shape index (κ3) is 3.51. The van der Waals surface area contributed by atoms with Crippen molar-refractivity contribution in [2.24, 2.45) is 5.92 Å². The molecule has 2 rings (SSSR count). The molecule has 112 valence electrons. The molecule has 1 aromatic heterocycles. The van der Waals surface area contributed by atoms with Crippen LogP contribution in [0.5, 0.6) is 0 Å². The molecule has 2 aromatic rings. The molecule has 0 N–H and O–H groups in total. The molecule has 0 unspecified atom stereocenters. The maximum absolute atomic E-state index is 13.2. The Kier molecular flexibility index (Phi) is 4.46. The fourth-order valence-electron chi connectivity index (χ4n) is 2.10. The van der Waals surface area contributed by atoms with Gasteiger partial charge in [0.15, 0.2) is 0 Å². The fraction of sp³-hybridized carbons (Fsp3) is 0.353. The van der Waals surface area contributed by atoms with Gasteiger partial charge in [-0.05, 0) is 31.1 Å². The number of rotatable bonds is 4. The van der Waals surface area contributed by atoms with E-state index < -0.39 is 0 Å². The second kappa shape index (κ2) is 6.12. The van der Waals surface area contributed by atoms with E-state index in [4.69, 9.17) is 4.42 Å². The van der Waals surface area contributed by atoms with Crippen molar-refractivity contribution >= 4 is 16.9 Å². The number of likely N-dealkylation sites (N-methyl/N-ethyl adjacent to an activating group) is 1. The van der Waals surface area contributed by atoms with Crippen LogP contribution in [0, 0.1) is 18.7 Å². The molecule has 0 aliphatic rings. The summed E-state index contributed by atoms with van der Waals surface area (Å²) in [7, 11) is 1.72. The number of allylic oxidation sites excluding steroid dienone is 1. The molecule has 1 amide bonds. The summed E-state index contributed by atoms with van der Waals surface area (Å²) in [5, 5.41) is 0.880. The van der Waals surface area contributed by atoms with Crippen molar-refractivity contribution in [1.29, 1.82) is 0 Å². The zero-order chi connectivity index (χ0) is 15.6. The van der Waals surface area contributed by atoms with Gasteiger partial charge in [-0.2, -0.15) is 0 Å². The van der Waals surface area contributed by atoms with E-state index in [9.17, 15) is 9.18 Å². The van der Waals surface area contributed by atoms with E-state index in [0.717, 1.165) is 10.9 Å². The van der Waals surface area contributed by atoms with E-state index in [2.05, 4.69) is 0 Å². The second-order valence-electron chi connectivity index (χ2n) is 5.59. The van der Waals surface area contributed by atoms with Gasteiger partial charge < -0.3 is 9.32 Å². The summed E-state index contributed by atoms with van der Waals surface area (Å²) in [4.78, 5) is 13.6. The first-order valence-electron chi connectivity index (χ1n) is 6.99. The molecular formula is C17H20FNO2. The lowest BCUT2D eigenvalue weighted by molar-refractivity contribution is -0.125. The molecule has 0 saturated carbocycles. The van der Waals surface area contributed by atoms with Crippen LogP contribution in [-0.2, 0) is 11.3 Å². The lowest BCUT2D eigenvalue weighted by Crippen LogP contribution is -2.24. The Morgan fingerprint density at radius 2 is 2.14 bits per heavy atom. The summed E-state index contributed by atoms with van der Waals surface area (Å²) < 4.78 is 18.9. The zero-order valence-corrected chi connectivity index (χ0v) is 12.8. The maximum atomic E-state index is 13.2. The highest BCUT2D eigenvalue weighted by Gasteiger charge is 2.14. The van der Waals surface area contributed by atoms with Crippen LogP contribution in [-0.4, -0.2) is 17.9 Å². The number of furan rings is 1. The third-order valence-corrected chi connectivity index (χ3v) is 3.38. The molecule has 0 spiro atoms. The predicted octanol–water partition coefficient (Wildman–Crippen LogP) is 4.05. The van der Waals surface area contributed by atoms with Crippen molar-refractivity contribution in [3.63, 3.8) is 0 Å². The van der Waals surface area contributed by atoms with Crippen LogP contribution in [0.25, 0.3) is 11.0 Å². The number of halogens is 1. The maximum Gasteiger partial charge on any atom is 0.246 e. The van der Waals surface area contributed by atoms with Gasteiger partial charge in [0.25, 0.3) is 0 Å². The smallest absolute Gasteiger partial charge is 0.246 e. The van der Waals surface area contributed by atoms with Crippen LogP contribution in [0.2, 0.25) is 0 Å². The fourth-order valence-corrected chi connectivity index (χ4v) is 2.10. The largest absolute Gasteiger partial charge is 0.459 e. The van der Waals surface area contributed by atoms with Gasteiger partial charge in [0.05, 0.1) is 6.54 Å². The highest BCUT2D eigenvalue weighted by Crippen LogP contribution is 2.26. The first-order chi connectivity index (χ1) is 9.88. The van der Waals surface area contributed by atoms with Gasteiger partial charge in [-0.15, -0.1) is 0 Å². The Bertz CT molecular complexity index is 685. The first-order valence-corrected chi connectivity index (χ1v) is 6.99. The van der Waals surface area contributed by atoms with Crippen molar-refractivity contribution in [2.75, 3.05) is 7.05 Å². The number of amides is 1. The lowest BCUT2D eigenvalue weighted by atomic mass is 10.1. The number of benzene rings is 1. The summed E-state index contributed by atoms with van der Waals surface area (Å²) in [5.74, 6) is 0.615. The highest BCUT2D eigenvalue weighted by molar-refractivity contribution is 5.87. The average Bonchev–Trinajstić information content (AvgIpc) is 2.71. The van der Waals surface area contributed by atoms with Crippen molar-refractivity contribution in [1.82, 2.24) is 4.90 Å². The first kappa shape index (κ1) is 15.3.